The van der Waals surface area contributed by atoms with E-state index in [0.717, 1.165) is 28.8 Å². The van der Waals surface area contributed by atoms with Crippen molar-refractivity contribution in [1.82, 2.24) is 4.98 Å². The van der Waals surface area contributed by atoms with Crippen LogP contribution in [0, 0.1) is 13.8 Å². The average molecular weight is 481 g/mol. The highest BCUT2D eigenvalue weighted by molar-refractivity contribution is 7.14. The molecule has 1 aromatic heterocycles. The fourth-order valence-electron chi connectivity index (χ4n) is 3.96. The van der Waals surface area contributed by atoms with E-state index in [2.05, 4.69) is 4.98 Å². The number of aryl methyl sites for hydroxylation is 2. The minimum atomic E-state index is -0.512. The van der Waals surface area contributed by atoms with E-state index in [0.29, 0.717) is 22.3 Å². The summed E-state index contributed by atoms with van der Waals surface area (Å²) in [6.45, 7) is 9.26. The van der Waals surface area contributed by atoms with Gasteiger partial charge in [-0.15, -0.1) is 11.3 Å². The average Bonchev–Trinajstić information content (AvgIpc) is 3.35. The van der Waals surface area contributed by atoms with Gasteiger partial charge in [-0.1, -0.05) is 29.8 Å². The van der Waals surface area contributed by atoms with Gasteiger partial charge in [0.05, 0.1) is 11.4 Å². The van der Waals surface area contributed by atoms with Crippen LogP contribution >= 0.6 is 11.3 Å². The minimum absolute atomic E-state index is 0.00620. The molecule has 0 radical (unpaired) electrons. The highest BCUT2D eigenvalue weighted by Gasteiger charge is 2.32. The number of carbonyl (C=O) groups excluding carboxylic acids is 2. The van der Waals surface area contributed by atoms with Gasteiger partial charge in [-0.3, -0.25) is 9.69 Å². The zero-order valence-corrected chi connectivity index (χ0v) is 20.8. The lowest BCUT2D eigenvalue weighted by molar-refractivity contribution is -0.147. The molecular weight excluding hydrogens is 452 g/mol. The minimum Gasteiger partial charge on any atom is -0.483 e. The van der Waals surface area contributed by atoms with Gasteiger partial charge in [0, 0.05) is 24.3 Å². The number of hydrogen-bond donors (Lipinski definition) is 0. The zero-order valence-electron chi connectivity index (χ0n) is 20.0. The number of amides is 1. The number of carbonyl (C=O) groups is 2. The van der Waals surface area contributed by atoms with Crippen LogP contribution in [0.3, 0.4) is 0 Å². The molecule has 2 aromatic carbocycles. The summed E-state index contributed by atoms with van der Waals surface area (Å²) in [7, 11) is 0. The van der Waals surface area contributed by atoms with Crippen LogP contribution in [0.1, 0.15) is 43.2 Å². The van der Waals surface area contributed by atoms with Crippen LogP contribution in [0.4, 0.5) is 10.8 Å². The maximum absolute atomic E-state index is 12.4. The van der Waals surface area contributed by atoms with Gasteiger partial charge < -0.3 is 14.2 Å². The maximum atomic E-state index is 12.4. The third-order valence-electron chi connectivity index (χ3n) is 5.42. The van der Waals surface area contributed by atoms with Crippen molar-refractivity contribution < 1.29 is 23.8 Å². The Labute approximate surface area is 203 Å². The normalized spacial score (nSPS) is 13.7. The molecule has 7 nitrogen and oxygen atoms in total. The van der Waals surface area contributed by atoms with Crippen molar-refractivity contribution in [3.63, 3.8) is 0 Å². The van der Waals surface area contributed by atoms with Crippen molar-refractivity contribution in [3.05, 3.63) is 64.2 Å². The smallest absolute Gasteiger partial charge is 0.344 e. The molecule has 8 heteroatoms. The second kappa shape index (κ2) is 9.46. The second-order valence-electron chi connectivity index (χ2n) is 9.00. The number of ether oxygens (including phenoxy) is 3. The van der Waals surface area contributed by atoms with Crippen molar-refractivity contribution in [3.8, 4) is 11.5 Å². The van der Waals surface area contributed by atoms with Crippen molar-refractivity contribution in [2.24, 2.45) is 0 Å². The summed E-state index contributed by atoms with van der Waals surface area (Å²) in [6.07, 6.45) is 0.787. The van der Waals surface area contributed by atoms with Crippen molar-refractivity contribution >= 4 is 34.0 Å². The number of fused-ring (bicyclic) bond motifs is 1. The van der Waals surface area contributed by atoms with E-state index in [1.807, 2.05) is 58.0 Å². The molecule has 0 bridgehead atoms. The molecule has 0 N–H and O–H groups in total. The molecule has 34 heavy (non-hydrogen) atoms. The number of anilines is 2. The Morgan fingerprint density at radius 2 is 2.00 bits per heavy atom. The van der Waals surface area contributed by atoms with Crippen molar-refractivity contribution in [2.45, 2.75) is 53.2 Å². The number of thiazole rings is 1. The van der Waals surface area contributed by atoms with Crippen LogP contribution < -0.4 is 14.4 Å². The van der Waals surface area contributed by atoms with E-state index in [1.165, 1.54) is 18.3 Å². The number of benzene rings is 2. The van der Waals surface area contributed by atoms with Crippen molar-refractivity contribution in [2.75, 3.05) is 11.5 Å². The lowest BCUT2D eigenvalue weighted by atomic mass is 10.0. The molecule has 1 aliphatic heterocycles. The number of aromatic nitrogens is 1. The first-order valence-corrected chi connectivity index (χ1v) is 11.9. The lowest BCUT2D eigenvalue weighted by Gasteiger charge is -2.20. The summed E-state index contributed by atoms with van der Waals surface area (Å²) in [5.74, 6) is 0.558. The number of hydrogen-bond acceptors (Lipinski definition) is 7. The quantitative estimate of drug-likeness (QED) is 0.428. The Balaban J connectivity index is 1.36. The fraction of sp³-hybridized carbons (Fsp3) is 0.346. The van der Waals surface area contributed by atoms with E-state index in [9.17, 15) is 9.59 Å². The zero-order chi connectivity index (χ0) is 24.5. The Morgan fingerprint density at radius 1 is 1.21 bits per heavy atom. The van der Waals surface area contributed by atoms with E-state index >= 15 is 0 Å². The SMILES string of the molecule is CC(=O)N(c1nc(COC(=O)COc2cccc3c2OC(C)(C)C3)cs1)c1ccc(C)cc1C. The Kier molecular flexibility index (Phi) is 6.61. The molecule has 0 atom stereocenters. The molecule has 2 heterocycles. The van der Waals surface area contributed by atoms with E-state index in [4.69, 9.17) is 14.2 Å². The fourth-order valence-corrected chi connectivity index (χ4v) is 4.83. The monoisotopic (exact) mass is 480 g/mol. The molecule has 1 amide bonds. The van der Waals surface area contributed by atoms with Gasteiger partial charge >= 0.3 is 5.97 Å². The number of para-hydroxylation sites is 1. The Hall–Kier alpha value is -3.39. The molecule has 0 unspecified atom stereocenters. The molecule has 1 aliphatic rings. The third-order valence-corrected chi connectivity index (χ3v) is 6.30. The topological polar surface area (TPSA) is 78.0 Å². The molecule has 0 aliphatic carbocycles. The molecule has 4 rings (SSSR count). The van der Waals surface area contributed by atoms with Crippen LogP contribution in [0.15, 0.2) is 41.8 Å². The van der Waals surface area contributed by atoms with Crippen LogP contribution in [0.5, 0.6) is 11.5 Å². The molecular formula is C26H28N2O5S. The van der Waals surface area contributed by atoms with Crippen LogP contribution in [0.25, 0.3) is 0 Å². The number of nitrogens with zero attached hydrogens (tertiary/aromatic N) is 2. The molecule has 178 valence electrons. The second-order valence-corrected chi connectivity index (χ2v) is 9.83. The summed E-state index contributed by atoms with van der Waals surface area (Å²) in [5.41, 5.74) is 4.21. The molecule has 3 aromatic rings. The van der Waals surface area contributed by atoms with Gasteiger partial charge in [-0.2, -0.15) is 0 Å². The van der Waals surface area contributed by atoms with Crippen LogP contribution in [0.2, 0.25) is 0 Å². The van der Waals surface area contributed by atoms with Crippen LogP contribution in [-0.4, -0.2) is 29.1 Å². The van der Waals surface area contributed by atoms with E-state index in [1.54, 1.807) is 16.3 Å². The summed E-state index contributed by atoms with van der Waals surface area (Å²) in [4.78, 5) is 30.8. The summed E-state index contributed by atoms with van der Waals surface area (Å²) in [6, 6.07) is 11.6. The maximum Gasteiger partial charge on any atom is 0.344 e. The first-order valence-electron chi connectivity index (χ1n) is 11.0. The van der Waals surface area contributed by atoms with E-state index < -0.39 is 5.97 Å². The van der Waals surface area contributed by atoms with Gasteiger partial charge in [-0.25, -0.2) is 9.78 Å². The Morgan fingerprint density at radius 3 is 2.74 bits per heavy atom. The summed E-state index contributed by atoms with van der Waals surface area (Å²) in [5, 5.41) is 2.31. The summed E-state index contributed by atoms with van der Waals surface area (Å²) < 4.78 is 17.0. The van der Waals surface area contributed by atoms with Gasteiger partial charge in [0.25, 0.3) is 0 Å². The highest BCUT2D eigenvalue weighted by Crippen LogP contribution is 2.41. The molecule has 0 fully saturated rings. The molecule has 0 saturated carbocycles. The first kappa shape index (κ1) is 23.8. The largest absolute Gasteiger partial charge is 0.483 e. The highest BCUT2D eigenvalue weighted by atomic mass is 32.1. The van der Waals surface area contributed by atoms with E-state index in [-0.39, 0.29) is 24.7 Å². The third kappa shape index (κ3) is 5.22. The molecule has 0 spiro atoms. The van der Waals surface area contributed by atoms with Crippen LogP contribution in [-0.2, 0) is 27.4 Å². The van der Waals surface area contributed by atoms with Gasteiger partial charge in [0.2, 0.25) is 5.91 Å². The lowest BCUT2D eigenvalue weighted by Crippen LogP contribution is -2.24. The van der Waals surface area contributed by atoms with Crippen molar-refractivity contribution in [1.29, 1.82) is 0 Å². The van der Waals surface area contributed by atoms with Gasteiger partial charge in [-0.05, 0) is 45.4 Å². The predicted molar refractivity (Wildman–Crippen MR) is 131 cm³/mol. The first-order chi connectivity index (χ1) is 16.1. The number of rotatable bonds is 7. The standard InChI is InChI=1S/C26H28N2O5S/c1-16-9-10-21(17(2)11-16)28(18(3)29)25-27-20(15-34-25)13-32-23(30)14-31-22-8-6-7-19-12-26(4,5)33-24(19)22/h6-11,15H,12-14H2,1-5H3. The van der Waals surface area contributed by atoms with Gasteiger partial charge in [0.15, 0.2) is 23.2 Å². The van der Waals surface area contributed by atoms with Gasteiger partial charge in [0.1, 0.15) is 12.2 Å². The summed E-state index contributed by atoms with van der Waals surface area (Å²) >= 11 is 1.32. The molecule has 0 saturated heterocycles. The Bertz CT molecular complexity index is 1230. The predicted octanol–water partition coefficient (Wildman–Crippen LogP) is 5.28. The number of esters is 1.